The molecule has 20 heavy (non-hydrogen) atoms. The molecular weight excluding hydrogens is 272 g/mol. The number of carboxylic acid groups (broad SMARTS) is 2. The number of hydrogen-bond acceptors (Lipinski definition) is 6. The van der Waals surface area contributed by atoms with Crippen molar-refractivity contribution in [3.8, 4) is 0 Å². The van der Waals surface area contributed by atoms with Crippen molar-refractivity contribution in [3.05, 3.63) is 0 Å². The highest BCUT2D eigenvalue weighted by atomic mass is 16.4. The maximum Gasteiger partial charge on any atom is 0.303 e. The van der Waals surface area contributed by atoms with Crippen molar-refractivity contribution in [2.45, 2.75) is 50.7 Å². The van der Waals surface area contributed by atoms with E-state index >= 15 is 0 Å². The van der Waals surface area contributed by atoms with Gasteiger partial charge in [0, 0.05) is 19.4 Å². The molecule has 0 aliphatic carbocycles. The average molecular weight is 296 g/mol. The minimum Gasteiger partial charge on any atom is -0.481 e. The summed E-state index contributed by atoms with van der Waals surface area (Å²) in [6, 6.07) is 0. The fourth-order valence-electron chi connectivity index (χ4n) is 1.17. The van der Waals surface area contributed by atoms with E-state index < -0.39 is 30.8 Å². The van der Waals surface area contributed by atoms with Gasteiger partial charge in [0.05, 0.1) is 12.7 Å². The van der Waals surface area contributed by atoms with Gasteiger partial charge >= 0.3 is 11.9 Å². The number of hydrogen-bond donors (Lipinski definition) is 6. The Balaban J connectivity index is 0. The van der Waals surface area contributed by atoms with E-state index in [4.69, 9.17) is 30.6 Å². The highest BCUT2D eigenvalue weighted by molar-refractivity contribution is 5.67. The lowest BCUT2D eigenvalue weighted by Crippen LogP contribution is -2.29. The maximum absolute atomic E-state index is 9.90. The van der Waals surface area contributed by atoms with Gasteiger partial charge in [-0.15, -0.1) is 0 Å². The van der Waals surface area contributed by atoms with Gasteiger partial charge in [-0.05, 0) is 25.7 Å². The van der Waals surface area contributed by atoms with Crippen molar-refractivity contribution in [1.29, 1.82) is 0 Å². The largest absolute Gasteiger partial charge is 0.481 e. The Kier molecular flexibility index (Phi) is 15.0. The van der Waals surface area contributed by atoms with Crippen LogP contribution in [0.5, 0.6) is 0 Å². The van der Waals surface area contributed by atoms with E-state index in [2.05, 4.69) is 0 Å². The third kappa shape index (κ3) is 16.8. The summed E-state index contributed by atoms with van der Waals surface area (Å²) in [6.07, 6.45) is -0.219. The minimum absolute atomic E-state index is 0.00475. The fourth-order valence-corrected chi connectivity index (χ4v) is 1.17. The highest BCUT2D eigenvalue weighted by Gasteiger charge is 2.13. The summed E-state index contributed by atoms with van der Waals surface area (Å²) >= 11 is 0. The molecule has 0 saturated heterocycles. The summed E-state index contributed by atoms with van der Waals surface area (Å²) < 4.78 is 0. The molecular formula is C12H24O8. The molecule has 0 radical (unpaired) electrons. The maximum atomic E-state index is 9.90. The van der Waals surface area contributed by atoms with Crippen molar-refractivity contribution >= 4 is 11.9 Å². The topological polar surface area (TPSA) is 156 Å². The van der Waals surface area contributed by atoms with E-state index in [1.54, 1.807) is 0 Å². The number of aliphatic hydroxyl groups is 4. The zero-order chi connectivity index (χ0) is 16.0. The Bertz CT molecular complexity index is 240. The molecule has 0 saturated carbocycles. The second-order valence-electron chi connectivity index (χ2n) is 4.18. The van der Waals surface area contributed by atoms with Crippen molar-refractivity contribution in [2.75, 3.05) is 13.2 Å². The highest BCUT2D eigenvalue weighted by Crippen LogP contribution is 2.00. The average Bonchev–Trinajstić information content (AvgIpc) is 2.40. The van der Waals surface area contributed by atoms with Crippen molar-refractivity contribution in [1.82, 2.24) is 0 Å². The molecule has 0 aromatic rings. The molecule has 2 atom stereocenters. The van der Waals surface area contributed by atoms with E-state index in [1.165, 1.54) is 0 Å². The second-order valence-corrected chi connectivity index (χ2v) is 4.18. The zero-order valence-electron chi connectivity index (χ0n) is 11.3. The van der Waals surface area contributed by atoms with E-state index in [0.717, 1.165) is 0 Å². The molecule has 0 aromatic carbocycles. The van der Waals surface area contributed by atoms with Crippen LogP contribution in [0.2, 0.25) is 0 Å². The van der Waals surface area contributed by atoms with Crippen LogP contribution in [0.3, 0.4) is 0 Å². The first-order valence-corrected chi connectivity index (χ1v) is 6.36. The summed E-state index contributed by atoms with van der Waals surface area (Å²) in [5.74, 6) is -1.74. The number of aliphatic carboxylic acids is 2. The van der Waals surface area contributed by atoms with Crippen LogP contribution >= 0.6 is 0 Å². The predicted octanol–water partition coefficient (Wildman–Crippen LogP) is -0.811. The van der Waals surface area contributed by atoms with Gasteiger partial charge in [-0.2, -0.15) is 0 Å². The fraction of sp³-hybridized carbons (Fsp3) is 0.833. The monoisotopic (exact) mass is 296 g/mol. The summed E-state index contributed by atoms with van der Waals surface area (Å²) in [7, 11) is 0. The van der Waals surface area contributed by atoms with Crippen LogP contribution in [-0.4, -0.2) is 68.0 Å². The minimum atomic E-state index is -1.08. The summed E-state index contributed by atoms with van der Waals surface area (Å²) in [6.45, 7) is -0.443. The van der Waals surface area contributed by atoms with Crippen molar-refractivity contribution < 1.29 is 40.2 Å². The SMILES string of the molecule is O=C(O)CCCCC(=O)O.OCCCC(O)C(O)CO. The number of rotatable bonds is 10. The molecule has 0 amide bonds. The van der Waals surface area contributed by atoms with Gasteiger partial charge < -0.3 is 30.6 Å². The number of carbonyl (C=O) groups is 2. The van der Waals surface area contributed by atoms with Gasteiger partial charge in [-0.25, -0.2) is 0 Å². The number of aliphatic hydroxyl groups excluding tert-OH is 4. The lowest BCUT2D eigenvalue weighted by atomic mass is 10.1. The lowest BCUT2D eigenvalue weighted by molar-refractivity contribution is -0.139. The molecule has 0 aliphatic rings. The predicted molar refractivity (Wildman–Crippen MR) is 69.2 cm³/mol. The molecule has 6 N–H and O–H groups in total. The van der Waals surface area contributed by atoms with Gasteiger partial charge in [0.2, 0.25) is 0 Å². The Morgan fingerprint density at radius 1 is 0.800 bits per heavy atom. The van der Waals surface area contributed by atoms with Crippen molar-refractivity contribution in [3.63, 3.8) is 0 Å². The first-order valence-electron chi connectivity index (χ1n) is 6.36. The Hall–Kier alpha value is -1.22. The summed E-state index contributed by atoms with van der Waals surface area (Å²) in [4.78, 5) is 19.8. The number of carboxylic acids is 2. The van der Waals surface area contributed by atoms with Gasteiger partial charge in [-0.1, -0.05) is 0 Å². The molecule has 0 bridgehead atoms. The van der Waals surface area contributed by atoms with Crippen LogP contribution in [0.15, 0.2) is 0 Å². The summed E-state index contributed by atoms with van der Waals surface area (Å²) in [5, 5.41) is 50.6. The molecule has 8 heteroatoms. The first-order chi connectivity index (χ1) is 9.34. The van der Waals surface area contributed by atoms with Crippen LogP contribution in [0, 0.1) is 0 Å². The van der Waals surface area contributed by atoms with E-state index in [1.807, 2.05) is 0 Å². The lowest BCUT2D eigenvalue weighted by Gasteiger charge is -2.13. The second kappa shape index (κ2) is 14.2. The first kappa shape index (κ1) is 21.1. The molecule has 120 valence electrons. The van der Waals surface area contributed by atoms with Crippen LogP contribution in [0.1, 0.15) is 38.5 Å². The molecule has 0 aliphatic heterocycles. The molecule has 0 fully saturated rings. The van der Waals surface area contributed by atoms with Gasteiger partial charge in [0.25, 0.3) is 0 Å². The van der Waals surface area contributed by atoms with Gasteiger partial charge in [0.1, 0.15) is 6.10 Å². The molecule has 8 nitrogen and oxygen atoms in total. The molecule has 0 spiro atoms. The van der Waals surface area contributed by atoms with Crippen LogP contribution < -0.4 is 0 Å². The third-order valence-electron chi connectivity index (χ3n) is 2.32. The molecule has 0 rings (SSSR count). The van der Waals surface area contributed by atoms with Crippen LogP contribution in [0.25, 0.3) is 0 Å². The Morgan fingerprint density at radius 2 is 1.25 bits per heavy atom. The normalized spacial score (nSPS) is 13.0. The standard InChI is InChI=1S/C6H14O4.C6H10O4/c7-3-1-2-5(9)6(10)4-8;7-5(8)3-1-2-4-6(9)10/h5-10H,1-4H2;1-4H2,(H,7,8)(H,9,10). The van der Waals surface area contributed by atoms with Gasteiger partial charge in [0.15, 0.2) is 0 Å². The molecule has 2 unspecified atom stereocenters. The third-order valence-corrected chi connectivity index (χ3v) is 2.32. The van der Waals surface area contributed by atoms with Crippen LogP contribution in [-0.2, 0) is 9.59 Å². The quantitative estimate of drug-likeness (QED) is 0.286. The van der Waals surface area contributed by atoms with E-state index in [-0.39, 0.29) is 19.4 Å². The van der Waals surface area contributed by atoms with E-state index in [9.17, 15) is 9.59 Å². The Labute approximate surface area is 117 Å². The zero-order valence-corrected chi connectivity index (χ0v) is 11.3. The molecule has 0 heterocycles. The summed E-state index contributed by atoms with van der Waals surface area (Å²) in [5.41, 5.74) is 0. The molecule has 0 aromatic heterocycles. The van der Waals surface area contributed by atoms with Crippen molar-refractivity contribution in [2.24, 2.45) is 0 Å². The van der Waals surface area contributed by atoms with E-state index in [0.29, 0.717) is 25.7 Å². The Morgan fingerprint density at radius 3 is 1.55 bits per heavy atom. The smallest absolute Gasteiger partial charge is 0.303 e. The van der Waals surface area contributed by atoms with Gasteiger partial charge in [-0.3, -0.25) is 9.59 Å². The van der Waals surface area contributed by atoms with Crippen LogP contribution in [0.4, 0.5) is 0 Å². The number of unbranched alkanes of at least 4 members (excludes halogenated alkanes) is 1.